The number of aromatic nitrogens is 4. The van der Waals surface area contributed by atoms with E-state index < -0.39 is 0 Å². The van der Waals surface area contributed by atoms with Crippen LogP contribution in [0.5, 0.6) is 0 Å². The average Bonchev–Trinajstić information content (AvgIpc) is 3.27. The lowest BCUT2D eigenvalue weighted by Gasteiger charge is -2.13. The molecule has 1 amide bonds. The van der Waals surface area contributed by atoms with E-state index in [1.54, 1.807) is 24.2 Å². The van der Waals surface area contributed by atoms with Crippen LogP contribution in [-0.4, -0.2) is 31.7 Å². The molecule has 0 bridgehead atoms. The Bertz CT molecular complexity index is 1220. The number of para-hydroxylation sites is 1. The minimum absolute atomic E-state index is 0.0372. The fourth-order valence-electron chi connectivity index (χ4n) is 3.39. The van der Waals surface area contributed by atoms with Crippen LogP contribution in [0.15, 0.2) is 78.2 Å². The molecule has 1 N–H and O–H groups in total. The number of carbonyl (C=O) groups is 1. The number of thioether (sulfide) groups is 1. The lowest BCUT2D eigenvalue weighted by molar-refractivity contribution is 0.0939. The quantitative estimate of drug-likeness (QED) is 0.356. The van der Waals surface area contributed by atoms with E-state index in [1.807, 2.05) is 55.5 Å². The van der Waals surface area contributed by atoms with Gasteiger partial charge in [-0.2, -0.15) is 0 Å². The zero-order valence-corrected chi connectivity index (χ0v) is 19.8. The fraction of sp³-hybridized carbons (Fsp3) is 0.231. The molecule has 6 nitrogen and oxygen atoms in total. The second kappa shape index (κ2) is 10.4. The van der Waals surface area contributed by atoms with E-state index in [1.165, 1.54) is 0 Å². The van der Waals surface area contributed by atoms with Crippen molar-refractivity contribution in [1.82, 2.24) is 25.1 Å². The van der Waals surface area contributed by atoms with Gasteiger partial charge >= 0.3 is 0 Å². The van der Waals surface area contributed by atoms with Crippen molar-refractivity contribution in [2.75, 3.05) is 0 Å². The molecule has 0 spiro atoms. The fourth-order valence-corrected chi connectivity index (χ4v) is 4.29. The molecule has 1 atom stereocenters. The van der Waals surface area contributed by atoms with Gasteiger partial charge in [0.1, 0.15) is 0 Å². The Balaban J connectivity index is 1.57. The normalized spacial score (nSPS) is 11.8. The molecule has 0 aliphatic carbocycles. The Morgan fingerprint density at radius 2 is 1.76 bits per heavy atom. The van der Waals surface area contributed by atoms with Gasteiger partial charge < -0.3 is 5.32 Å². The number of aryl methyl sites for hydroxylation is 1. The number of hydrogen-bond acceptors (Lipinski definition) is 5. The van der Waals surface area contributed by atoms with Gasteiger partial charge in [-0.1, -0.05) is 49.0 Å². The molecule has 2 heterocycles. The highest BCUT2D eigenvalue weighted by molar-refractivity contribution is 7.98. The van der Waals surface area contributed by atoms with Gasteiger partial charge in [0, 0.05) is 35.3 Å². The standard InChI is InChI=1S/C26H27N5OS/c1-4-19(3)28-25(32)22-11-9-20(10-12-22)17-33-26-30-29-24(21-13-15-27-16-14-21)31(26)23-8-6-5-7-18(23)2/h5-16,19H,4,17H2,1-3H3,(H,28,32)/t19-/m1/s1. The first-order valence-corrected chi connectivity index (χ1v) is 12.0. The third-order valence-corrected chi connectivity index (χ3v) is 6.50. The van der Waals surface area contributed by atoms with Gasteiger partial charge in [0.2, 0.25) is 0 Å². The molecule has 4 aromatic rings. The molecule has 0 saturated carbocycles. The predicted molar refractivity (Wildman–Crippen MR) is 133 cm³/mol. The number of benzene rings is 2. The van der Waals surface area contributed by atoms with Crippen molar-refractivity contribution in [2.24, 2.45) is 0 Å². The summed E-state index contributed by atoms with van der Waals surface area (Å²) in [5, 5.41) is 12.8. The van der Waals surface area contributed by atoms with Crippen molar-refractivity contribution in [3.05, 3.63) is 89.7 Å². The number of carbonyl (C=O) groups excluding carboxylic acids is 1. The van der Waals surface area contributed by atoms with E-state index in [2.05, 4.69) is 51.0 Å². The predicted octanol–water partition coefficient (Wildman–Crippen LogP) is 5.46. The van der Waals surface area contributed by atoms with Crippen LogP contribution in [0, 0.1) is 6.92 Å². The summed E-state index contributed by atoms with van der Waals surface area (Å²) < 4.78 is 2.10. The monoisotopic (exact) mass is 457 g/mol. The molecule has 0 unspecified atom stereocenters. The van der Waals surface area contributed by atoms with Crippen LogP contribution in [0.25, 0.3) is 17.1 Å². The van der Waals surface area contributed by atoms with Crippen molar-refractivity contribution >= 4 is 17.7 Å². The number of amides is 1. The third-order valence-electron chi connectivity index (χ3n) is 5.50. The van der Waals surface area contributed by atoms with E-state index in [4.69, 9.17) is 0 Å². The SMILES string of the molecule is CC[C@@H](C)NC(=O)c1ccc(CSc2nnc(-c3ccncc3)n2-c2ccccc2C)cc1. The van der Waals surface area contributed by atoms with Gasteiger partial charge in [-0.05, 0) is 61.7 Å². The largest absolute Gasteiger partial charge is 0.350 e. The molecule has 0 aliphatic heterocycles. The number of nitrogens with zero attached hydrogens (tertiary/aromatic N) is 4. The minimum atomic E-state index is -0.0372. The van der Waals surface area contributed by atoms with Crippen LogP contribution in [0.3, 0.4) is 0 Å². The molecule has 0 aliphatic rings. The highest BCUT2D eigenvalue weighted by Gasteiger charge is 2.17. The van der Waals surface area contributed by atoms with Crippen LogP contribution in [0.2, 0.25) is 0 Å². The topological polar surface area (TPSA) is 72.7 Å². The van der Waals surface area contributed by atoms with Crippen molar-refractivity contribution < 1.29 is 4.79 Å². The van der Waals surface area contributed by atoms with E-state index >= 15 is 0 Å². The lowest BCUT2D eigenvalue weighted by atomic mass is 10.1. The zero-order valence-electron chi connectivity index (χ0n) is 19.0. The summed E-state index contributed by atoms with van der Waals surface area (Å²) in [6.07, 6.45) is 4.43. The maximum absolute atomic E-state index is 12.3. The maximum atomic E-state index is 12.3. The van der Waals surface area contributed by atoms with Gasteiger partial charge in [0.15, 0.2) is 11.0 Å². The van der Waals surface area contributed by atoms with E-state index in [0.29, 0.717) is 11.3 Å². The molecular weight excluding hydrogens is 430 g/mol. The Morgan fingerprint density at radius 3 is 2.45 bits per heavy atom. The van der Waals surface area contributed by atoms with E-state index in [0.717, 1.165) is 39.8 Å². The van der Waals surface area contributed by atoms with Gasteiger partial charge in [-0.3, -0.25) is 14.3 Å². The summed E-state index contributed by atoms with van der Waals surface area (Å²) in [6, 6.07) is 20.0. The zero-order chi connectivity index (χ0) is 23.2. The van der Waals surface area contributed by atoms with E-state index in [9.17, 15) is 4.79 Å². The summed E-state index contributed by atoms with van der Waals surface area (Å²) in [4.78, 5) is 16.5. The smallest absolute Gasteiger partial charge is 0.251 e. The van der Waals surface area contributed by atoms with Crippen LogP contribution in [0.1, 0.15) is 41.8 Å². The number of nitrogens with one attached hydrogen (secondary N) is 1. The Kier molecular flexibility index (Phi) is 7.19. The molecule has 2 aromatic heterocycles. The highest BCUT2D eigenvalue weighted by Crippen LogP contribution is 2.30. The summed E-state index contributed by atoms with van der Waals surface area (Å²) in [5.41, 5.74) is 4.95. The average molecular weight is 458 g/mol. The van der Waals surface area contributed by atoms with Crippen LogP contribution < -0.4 is 5.32 Å². The minimum Gasteiger partial charge on any atom is -0.350 e. The Morgan fingerprint density at radius 1 is 1.03 bits per heavy atom. The summed E-state index contributed by atoms with van der Waals surface area (Å²) in [7, 11) is 0. The molecule has 2 aromatic carbocycles. The number of hydrogen-bond donors (Lipinski definition) is 1. The van der Waals surface area contributed by atoms with Gasteiger partial charge in [-0.25, -0.2) is 0 Å². The molecule has 7 heteroatoms. The Labute approximate surface area is 198 Å². The molecule has 4 rings (SSSR count). The second-order valence-electron chi connectivity index (χ2n) is 7.93. The van der Waals surface area contributed by atoms with Crippen LogP contribution in [0.4, 0.5) is 0 Å². The third kappa shape index (κ3) is 5.31. The summed E-state index contributed by atoms with van der Waals surface area (Å²) >= 11 is 1.62. The van der Waals surface area contributed by atoms with Crippen molar-refractivity contribution in [2.45, 2.75) is 44.1 Å². The van der Waals surface area contributed by atoms with Gasteiger partial charge in [-0.15, -0.1) is 10.2 Å². The van der Waals surface area contributed by atoms with Crippen molar-refractivity contribution in [1.29, 1.82) is 0 Å². The first kappa shape index (κ1) is 22.7. The van der Waals surface area contributed by atoms with E-state index in [-0.39, 0.29) is 11.9 Å². The number of pyridine rings is 1. The molecule has 0 saturated heterocycles. The lowest BCUT2D eigenvalue weighted by Crippen LogP contribution is -2.31. The molecule has 168 valence electrons. The molecule has 33 heavy (non-hydrogen) atoms. The van der Waals surface area contributed by atoms with Crippen LogP contribution in [-0.2, 0) is 5.75 Å². The van der Waals surface area contributed by atoms with Crippen molar-refractivity contribution in [3.63, 3.8) is 0 Å². The first-order chi connectivity index (χ1) is 16.1. The Hall–Kier alpha value is -3.45. The van der Waals surface area contributed by atoms with Gasteiger partial charge in [0.05, 0.1) is 5.69 Å². The molecular formula is C26H27N5OS. The maximum Gasteiger partial charge on any atom is 0.251 e. The summed E-state index contributed by atoms with van der Waals surface area (Å²) in [6.45, 7) is 6.15. The number of rotatable bonds is 8. The molecule has 0 radical (unpaired) electrons. The second-order valence-corrected chi connectivity index (χ2v) is 8.87. The first-order valence-electron chi connectivity index (χ1n) is 11.0. The van der Waals surface area contributed by atoms with Gasteiger partial charge in [0.25, 0.3) is 5.91 Å². The highest BCUT2D eigenvalue weighted by atomic mass is 32.2. The molecule has 0 fully saturated rings. The summed E-state index contributed by atoms with van der Waals surface area (Å²) in [5.74, 6) is 1.46. The van der Waals surface area contributed by atoms with Crippen molar-refractivity contribution in [3.8, 4) is 17.1 Å². The van der Waals surface area contributed by atoms with Crippen LogP contribution >= 0.6 is 11.8 Å².